The maximum Gasteiger partial charge on any atom is 0.252 e. The third-order valence-electron chi connectivity index (χ3n) is 5.19. The molecule has 3 aromatic rings. The van der Waals surface area contributed by atoms with Crippen LogP contribution in [0.1, 0.15) is 17.3 Å². The van der Waals surface area contributed by atoms with E-state index in [2.05, 4.69) is 22.1 Å². The van der Waals surface area contributed by atoms with Crippen LogP contribution in [-0.2, 0) is 4.74 Å². The van der Waals surface area contributed by atoms with Crippen molar-refractivity contribution in [3.63, 3.8) is 0 Å². The summed E-state index contributed by atoms with van der Waals surface area (Å²) in [6.45, 7) is 5.98. The highest BCUT2D eigenvalue weighted by Gasteiger charge is 2.20. The molecule has 0 spiro atoms. The second kappa shape index (κ2) is 9.03. The number of rotatable bonds is 6. The van der Waals surface area contributed by atoms with E-state index in [1.807, 2.05) is 48.5 Å². The molecule has 6 nitrogen and oxygen atoms in total. The molecule has 0 aliphatic carbocycles. The van der Waals surface area contributed by atoms with Gasteiger partial charge in [0.25, 0.3) is 5.91 Å². The molecule has 0 unspecified atom stereocenters. The number of ether oxygens (including phenoxy) is 1. The van der Waals surface area contributed by atoms with E-state index >= 15 is 0 Å². The summed E-state index contributed by atoms with van der Waals surface area (Å²) in [5, 5.41) is 3.05. The normalized spacial score (nSPS) is 15.8. The van der Waals surface area contributed by atoms with Crippen molar-refractivity contribution in [2.45, 2.75) is 13.0 Å². The Morgan fingerprint density at radius 3 is 2.62 bits per heavy atom. The van der Waals surface area contributed by atoms with Crippen LogP contribution >= 0.6 is 0 Å². The number of oxazole rings is 1. The zero-order chi connectivity index (χ0) is 20.1. The largest absolute Gasteiger partial charge is 0.436 e. The number of carbonyl (C=O) groups excluding carboxylic acids is 1. The van der Waals surface area contributed by atoms with Gasteiger partial charge in [0.2, 0.25) is 5.89 Å². The van der Waals surface area contributed by atoms with Crippen LogP contribution in [0.4, 0.5) is 0 Å². The molecule has 1 saturated heterocycles. The summed E-state index contributed by atoms with van der Waals surface area (Å²) < 4.78 is 11.4. The van der Waals surface area contributed by atoms with Crippen LogP contribution in [0.3, 0.4) is 0 Å². The van der Waals surface area contributed by atoms with Crippen LogP contribution < -0.4 is 5.32 Å². The van der Waals surface area contributed by atoms with Crippen molar-refractivity contribution in [1.82, 2.24) is 15.2 Å². The summed E-state index contributed by atoms with van der Waals surface area (Å²) in [7, 11) is 0. The molecule has 1 aliphatic heterocycles. The number of carbonyl (C=O) groups is 1. The zero-order valence-corrected chi connectivity index (χ0v) is 16.5. The highest BCUT2D eigenvalue weighted by molar-refractivity contribution is 6.00. The van der Waals surface area contributed by atoms with E-state index in [9.17, 15) is 4.79 Å². The Kier molecular flexibility index (Phi) is 6.03. The lowest BCUT2D eigenvalue weighted by Gasteiger charge is -2.32. The van der Waals surface area contributed by atoms with Crippen LogP contribution in [0.25, 0.3) is 22.8 Å². The van der Waals surface area contributed by atoms with Gasteiger partial charge in [-0.25, -0.2) is 4.98 Å². The minimum absolute atomic E-state index is 0.125. The molecular formula is C23H25N3O3. The van der Waals surface area contributed by atoms with E-state index in [0.717, 1.165) is 31.9 Å². The lowest BCUT2D eigenvalue weighted by atomic mass is 10.1. The molecule has 6 heteroatoms. The maximum atomic E-state index is 12.9. The summed E-state index contributed by atoms with van der Waals surface area (Å²) in [4.78, 5) is 19.6. The summed E-state index contributed by atoms with van der Waals surface area (Å²) in [5.41, 5.74) is 2.20. The molecule has 1 N–H and O–H groups in total. The molecule has 1 aromatic heterocycles. The van der Waals surface area contributed by atoms with Crippen molar-refractivity contribution in [2.75, 3.05) is 32.8 Å². The molecule has 0 radical (unpaired) electrons. The topological polar surface area (TPSA) is 67.6 Å². The van der Waals surface area contributed by atoms with E-state index in [1.54, 1.807) is 12.3 Å². The minimum Gasteiger partial charge on any atom is -0.436 e. The van der Waals surface area contributed by atoms with E-state index in [4.69, 9.17) is 9.15 Å². The van der Waals surface area contributed by atoms with Crippen molar-refractivity contribution in [3.05, 3.63) is 66.4 Å². The first kappa shape index (κ1) is 19.4. The van der Waals surface area contributed by atoms with Crippen molar-refractivity contribution in [2.24, 2.45) is 0 Å². The molecule has 1 amide bonds. The molecule has 0 bridgehead atoms. The monoisotopic (exact) mass is 391 g/mol. The number of amides is 1. The Balaban J connectivity index is 1.48. The maximum absolute atomic E-state index is 12.9. The molecule has 1 fully saturated rings. The SMILES string of the molecule is C[C@H](CNC(=O)c1ccccc1-c1ncc(-c2ccccc2)o1)N1CCOCC1. The fraction of sp³-hybridized carbons (Fsp3) is 0.304. The number of benzene rings is 2. The van der Waals surface area contributed by atoms with Gasteiger partial charge in [-0.3, -0.25) is 9.69 Å². The summed E-state index contributed by atoms with van der Waals surface area (Å²) in [5.74, 6) is 0.993. The van der Waals surface area contributed by atoms with Gasteiger partial charge in [-0.1, -0.05) is 42.5 Å². The lowest BCUT2D eigenvalue weighted by molar-refractivity contribution is 0.0204. The number of hydrogen-bond donors (Lipinski definition) is 1. The number of nitrogens with zero attached hydrogens (tertiary/aromatic N) is 2. The predicted molar refractivity (Wildman–Crippen MR) is 112 cm³/mol. The third-order valence-corrected chi connectivity index (χ3v) is 5.19. The van der Waals surface area contributed by atoms with Gasteiger partial charge < -0.3 is 14.5 Å². The van der Waals surface area contributed by atoms with E-state index in [-0.39, 0.29) is 11.9 Å². The van der Waals surface area contributed by atoms with E-state index in [0.29, 0.717) is 29.3 Å². The van der Waals surface area contributed by atoms with Crippen molar-refractivity contribution in [3.8, 4) is 22.8 Å². The Labute approximate surface area is 170 Å². The summed E-state index contributed by atoms with van der Waals surface area (Å²) in [6, 6.07) is 17.5. The molecule has 1 aliphatic rings. The first-order valence-corrected chi connectivity index (χ1v) is 9.93. The van der Waals surface area contributed by atoms with Gasteiger partial charge in [0, 0.05) is 36.8 Å². The third kappa shape index (κ3) is 4.55. The Morgan fingerprint density at radius 2 is 1.83 bits per heavy atom. The summed E-state index contributed by atoms with van der Waals surface area (Å²) in [6.07, 6.45) is 1.69. The Morgan fingerprint density at radius 1 is 1.10 bits per heavy atom. The molecule has 0 saturated carbocycles. The first-order chi connectivity index (χ1) is 14.2. The average molecular weight is 391 g/mol. The number of hydrogen-bond acceptors (Lipinski definition) is 5. The first-order valence-electron chi connectivity index (χ1n) is 9.93. The quantitative estimate of drug-likeness (QED) is 0.697. The molecule has 2 heterocycles. The van der Waals surface area contributed by atoms with E-state index < -0.39 is 0 Å². The Hall–Kier alpha value is -2.96. The number of aromatic nitrogens is 1. The van der Waals surface area contributed by atoms with Gasteiger partial charge in [-0.05, 0) is 19.1 Å². The van der Waals surface area contributed by atoms with Crippen LogP contribution in [0.2, 0.25) is 0 Å². The lowest BCUT2D eigenvalue weighted by Crippen LogP contribution is -2.47. The fourth-order valence-corrected chi connectivity index (χ4v) is 3.49. The van der Waals surface area contributed by atoms with Crippen molar-refractivity contribution in [1.29, 1.82) is 0 Å². The van der Waals surface area contributed by atoms with E-state index in [1.165, 1.54) is 0 Å². The van der Waals surface area contributed by atoms with Crippen molar-refractivity contribution < 1.29 is 13.9 Å². The molecule has 2 aromatic carbocycles. The Bertz CT molecular complexity index is 949. The van der Waals surface area contributed by atoms with Gasteiger partial charge in [0.15, 0.2) is 5.76 Å². The second-order valence-corrected chi connectivity index (χ2v) is 7.15. The van der Waals surface area contributed by atoms with Gasteiger partial charge in [-0.2, -0.15) is 0 Å². The van der Waals surface area contributed by atoms with Gasteiger partial charge in [-0.15, -0.1) is 0 Å². The van der Waals surface area contributed by atoms with Gasteiger partial charge >= 0.3 is 0 Å². The fourth-order valence-electron chi connectivity index (χ4n) is 3.49. The molecule has 1 atom stereocenters. The molecular weight excluding hydrogens is 366 g/mol. The predicted octanol–water partition coefficient (Wildman–Crippen LogP) is 3.46. The van der Waals surface area contributed by atoms with Crippen LogP contribution in [0.5, 0.6) is 0 Å². The highest BCUT2D eigenvalue weighted by Crippen LogP contribution is 2.28. The standard InChI is InChI=1S/C23H25N3O3/c1-17(26-11-13-28-14-12-26)15-24-22(27)19-9-5-6-10-20(19)23-25-16-21(29-23)18-7-3-2-4-8-18/h2-10,16-17H,11-15H2,1H3,(H,24,27)/t17-/m1/s1. The smallest absolute Gasteiger partial charge is 0.252 e. The molecule has 29 heavy (non-hydrogen) atoms. The highest BCUT2D eigenvalue weighted by atomic mass is 16.5. The van der Waals surface area contributed by atoms with Crippen molar-refractivity contribution >= 4 is 5.91 Å². The number of nitrogens with one attached hydrogen (secondary N) is 1. The molecule has 150 valence electrons. The van der Waals surface area contributed by atoms with Gasteiger partial charge in [0.1, 0.15) is 0 Å². The van der Waals surface area contributed by atoms with Crippen LogP contribution in [0, 0.1) is 0 Å². The number of morpholine rings is 1. The van der Waals surface area contributed by atoms with Gasteiger partial charge in [0.05, 0.1) is 25.0 Å². The van der Waals surface area contributed by atoms with Crippen LogP contribution in [0.15, 0.2) is 65.2 Å². The summed E-state index contributed by atoms with van der Waals surface area (Å²) >= 11 is 0. The average Bonchev–Trinajstić information content (AvgIpc) is 3.28. The van der Waals surface area contributed by atoms with Crippen LogP contribution in [-0.4, -0.2) is 54.7 Å². The minimum atomic E-state index is -0.125. The zero-order valence-electron chi connectivity index (χ0n) is 16.5. The molecule has 4 rings (SSSR count). The second-order valence-electron chi connectivity index (χ2n) is 7.15.